The first-order chi connectivity index (χ1) is 5.47. The molecule has 0 aliphatic heterocycles. The van der Waals surface area contributed by atoms with Crippen LogP contribution in [0.3, 0.4) is 0 Å². The van der Waals surface area contributed by atoms with Crippen LogP contribution in [0.2, 0.25) is 0 Å². The molecule has 0 fully saturated rings. The van der Waals surface area contributed by atoms with Crippen LogP contribution in [0, 0.1) is 6.92 Å². The highest BCUT2D eigenvalue weighted by atomic mass is 16.5. The predicted octanol–water partition coefficient (Wildman–Crippen LogP) is 1.24. The van der Waals surface area contributed by atoms with Crippen molar-refractivity contribution in [2.75, 3.05) is 0 Å². The summed E-state index contributed by atoms with van der Waals surface area (Å²) in [7, 11) is 0. The second kappa shape index (κ2) is 3.25. The summed E-state index contributed by atoms with van der Waals surface area (Å²) in [4.78, 5) is 0. The van der Waals surface area contributed by atoms with Crippen molar-refractivity contribution in [3.63, 3.8) is 0 Å². The lowest BCUT2D eigenvalue weighted by Gasteiger charge is -2.15. The molecule has 1 aromatic rings. The summed E-state index contributed by atoms with van der Waals surface area (Å²) in [6, 6.07) is 7.72. The number of hydrogen-bond donors (Lipinski definition) is 2. The molecule has 0 unspecified atom stereocenters. The number of hydrogen-bond acceptors (Lipinski definition) is 2. The van der Waals surface area contributed by atoms with Crippen molar-refractivity contribution >= 4 is 0 Å². The first-order valence-corrected chi connectivity index (χ1v) is 3.98. The highest BCUT2D eigenvalue weighted by Crippen LogP contribution is 2.10. The minimum atomic E-state index is -1.60. The monoisotopic (exact) mass is 166 g/mol. The molecule has 2 N–H and O–H groups in total. The van der Waals surface area contributed by atoms with Crippen LogP contribution >= 0.6 is 0 Å². The van der Waals surface area contributed by atoms with E-state index >= 15 is 0 Å². The van der Waals surface area contributed by atoms with Gasteiger partial charge in [0.2, 0.25) is 0 Å². The molecule has 2 heteroatoms. The van der Waals surface area contributed by atoms with Crippen LogP contribution in [-0.2, 0) is 6.42 Å². The molecule has 0 aromatic heterocycles. The van der Waals surface area contributed by atoms with Crippen LogP contribution in [0.5, 0.6) is 0 Å². The van der Waals surface area contributed by atoms with Gasteiger partial charge in [0, 0.05) is 6.42 Å². The molecule has 0 heterocycles. The van der Waals surface area contributed by atoms with Crippen molar-refractivity contribution < 1.29 is 10.2 Å². The Balaban J connectivity index is 2.71. The van der Waals surface area contributed by atoms with E-state index in [1.165, 1.54) is 12.5 Å². The lowest BCUT2D eigenvalue weighted by atomic mass is 10.1. The Hall–Kier alpha value is -0.860. The van der Waals surface area contributed by atoms with Crippen molar-refractivity contribution in [3.05, 3.63) is 35.4 Å². The van der Waals surface area contributed by atoms with Gasteiger partial charge in [-0.1, -0.05) is 29.8 Å². The molecule has 0 atom stereocenters. The molecule has 0 saturated carbocycles. The number of aryl methyl sites for hydroxylation is 1. The Morgan fingerprint density at radius 1 is 1.17 bits per heavy atom. The fourth-order valence-corrected chi connectivity index (χ4v) is 1.09. The van der Waals surface area contributed by atoms with Gasteiger partial charge in [-0.05, 0) is 19.4 Å². The van der Waals surface area contributed by atoms with Gasteiger partial charge in [0.25, 0.3) is 0 Å². The largest absolute Gasteiger partial charge is 0.366 e. The van der Waals surface area contributed by atoms with Crippen molar-refractivity contribution in [2.24, 2.45) is 0 Å². The van der Waals surface area contributed by atoms with Gasteiger partial charge in [0.05, 0.1) is 0 Å². The zero-order chi connectivity index (χ0) is 9.19. The van der Waals surface area contributed by atoms with E-state index in [1.807, 2.05) is 31.2 Å². The van der Waals surface area contributed by atoms with Crippen molar-refractivity contribution in [1.29, 1.82) is 0 Å². The molecule has 0 spiro atoms. The lowest BCUT2D eigenvalue weighted by Crippen LogP contribution is -2.25. The van der Waals surface area contributed by atoms with E-state index in [0.717, 1.165) is 5.56 Å². The smallest absolute Gasteiger partial charge is 0.163 e. The summed E-state index contributed by atoms with van der Waals surface area (Å²) in [5.41, 5.74) is 2.12. The van der Waals surface area contributed by atoms with Gasteiger partial charge < -0.3 is 10.2 Å². The topological polar surface area (TPSA) is 40.5 Å². The maximum absolute atomic E-state index is 9.10. The summed E-state index contributed by atoms with van der Waals surface area (Å²) >= 11 is 0. The molecule has 12 heavy (non-hydrogen) atoms. The summed E-state index contributed by atoms with van der Waals surface area (Å²) in [5.74, 6) is -1.60. The van der Waals surface area contributed by atoms with E-state index in [-0.39, 0.29) is 6.42 Å². The number of benzene rings is 1. The highest BCUT2D eigenvalue weighted by molar-refractivity contribution is 5.21. The summed E-state index contributed by atoms with van der Waals surface area (Å²) in [6.45, 7) is 3.38. The number of rotatable bonds is 2. The Labute approximate surface area is 72.5 Å². The molecular formula is C10H14O2. The Bertz CT molecular complexity index is 244. The van der Waals surface area contributed by atoms with E-state index in [2.05, 4.69) is 0 Å². The Kier molecular flexibility index (Phi) is 2.50. The first-order valence-electron chi connectivity index (χ1n) is 3.98. The molecule has 0 amide bonds. The van der Waals surface area contributed by atoms with E-state index in [1.54, 1.807) is 0 Å². The molecule has 0 bridgehead atoms. The van der Waals surface area contributed by atoms with Crippen LogP contribution in [0.1, 0.15) is 18.1 Å². The van der Waals surface area contributed by atoms with E-state index in [9.17, 15) is 0 Å². The molecule has 0 aliphatic carbocycles. The van der Waals surface area contributed by atoms with Gasteiger partial charge in [-0.25, -0.2) is 0 Å². The van der Waals surface area contributed by atoms with E-state index < -0.39 is 5.79 Å². The van der Waals surface area contributed by atoms with Crippen molar-refractivity contribution in [1.82, 2.24) is 0 Å². The van der Waals surface area contributed by atoms with Gasteiger partial charge in [-0.3, -0.25) is 0 Å². The van der Waals surface area contributed by atoms with E-state index in [0.29, 0.717) is 0 Å². The molecule has 66 valence electrons. The quantitative estimate of drug-likeness (QED) is 0.649. The van der Waals surface area contributed by atoms with Gasteiger partial charge in [0.15, 0.2) is 5.79 Å². The minimum Gasteiger partial charge on any atom is -0.366 e. The zero-order valence-electron chi connectivity index (χ0n) is 7.41. The average Bonchev–Trinajstić information content (AvgIpc) is 1.91. The fourth-order valence-electron chi connectivity index (χ4n) is 1.09. The Morgan fingerprint density at radius 3 is 2.08 bits per heavy atom. The average molecular weight is 166 g/mol. The second-order valence-corrected chi connectivity index (χ2v) is 3.38. The summed E-state index contributed by atoms with van der Waals surface area (Å²) in [5, 5.41) is 18.2. The molecular weight excluding hydrogens is 152 g/mol. The summed E-state index contributed by atoms with van der Waals surface area (Å²) < 4.78 is 0. The highest BCUT2D eigenvalue weighted by Gasteiger charge is 2.14. The van der Waals surface area contributed by atoms with Gasteiger partial charge in [-0.2, -0.15) is 0 Å². The zero-order valence-corrected chi connectivity index (χ0v) is 7.41. The lowest BCUT2D eigenvalue weighted by molar-refractivity contribution is -0.142. The standard InChI is InChI=1S/C10H14O2/c1-8-3-5-9(6-4-8)7-10(2,11)12/h3-6,11-12H,7H2,1-2H3. The molecule has 1 aromatic carbocycles. The first kappa shape index (κ1) is 9.23. The molecule has 1 rings (SSSR count). The molecule has 0 saturated heterocycles. The molecule has 0 radical (unpaired) electrons. The molecule has 0 aliphatic rings. The fraction of sp³-hybridized carbons (Fsp3) is 0.400. The predicted molar refractivity (Wildman–Crippen MR) is 47.7 cm³/mol. The minimum absolute atomic E-state index is 0.271. The van der Waals surface area contributed by atoms with Gasteiger partial charge in [-0.15, -0.1) is 0 Å². The van der Waals surface area contributed by atoms with Crippen LogP contribution in [0.25, 0.3) is 0 Å². The van der Waals surface area contributed by atoms with Crippen molar-refractivity contribution in [3.8, 4) is 0 Å². The van der Waals surface area contributed by atoms with E-state index in [4.69, 9.17) is 10.2 Å². The van der Waals surface area contributed by atoms with Crippen LogP contribution in [0.15, 0.2) is 24.3 Å². The third-order valence-electron chi connectivity index (χ3n) is 1.66. The Morgan fingerprint density at radius 2 is 1.67 bits per heavy atom. The van der Waals surface area contributed by atoms with Crippen molar-refractivity contribution in [2.45, 2.75) is 26.1 Å². The number of aliphatic hydroxyl groups is 2. The second-order valence-electron chi connectivity index (χ2n) is 3.38. The molecule has 2 nitrogen and oxygen atoms in total. The van der Waals surface area contributed by atoms with Crippen LogP contribution in [-0.4, -0.2) is 16.0 Å². The van der Waals surface area contributed by atoms with Gasteiger partial charge >= 0.3 is 0 Å². The van der Waals surface area contributed by atoms with Crippen LogP contribution in [0.4, 0.5) is 0 Å². The maximum Gasteiger partial charge on any atom is 0.163 e. The SMILES string of the molecule is Cc1ccc(CC(C)(O)O)cc1. The third-order valence-corrected chi connectivity index (χ3v) is 1.66. The summed E-state index contributed by atoms with van der Waals surface area (Å²) in [6.07, 6.45) is 0.271. The van der Waals surface area contributed by atoms with Crippen LogP contribution < -0.4 is 0 Å². The normalized spacial score (nSPS) is 11.7. The third kappa shape index (κ3) is 3.03. The maximum atomic E-state index is 9.10. The van der Waals surface area contributed by atoms with Gasteiger partial charge in [0.1, 0.15) is 0 Å².